The maximum atomic E-state index is 13.6. The predicted molar refractivity (Wildman–Crippen MR) is 73.7 cm³/mol. The van der Waals surface area contributed by atoms with Gasteiger partial charge in [0, 0.05) is 29.2 Å². The second-order valence-corrected chi connectivity index (χ2v) is 5.66. The minimum Gasteiger partial charge on any atom is -0.337 e. The third-order valence-electron chi connectivity index (χ3n) is 3.68. The molecule has 1 aliphatic rings. The number of rotatable bonds is 1. The van der Waals surface area contributed by atoms with E-state index >= 15 is 0 Å². The van der Waals surface area contributed by atoms with Crippen LogP contribution >= 0.6 is 11.6 Å². The Morgan fingerprint density at radius 2 is 1.87 bits per heavy atom. The maximum Gasteiger partial charge on any atom is 0.418 e. The van der Waals surface area contributed by atoms with Gasteiger partial charge in [0.1, 0.15) is 11.5 Å². The van der Waals surface area contributed by atoms with Gasteiger partial charge in [-0.05, 0) is 24.3 Å². The lowest BCUT2D eigenvalue weighted by atomic mass is 10.0. The van der Waals surface area contributed by atoms with Gasteiger partial charge in [-0.25, -0.2) is 8.78 Å². The average molecular weight is 350 g/mol. The second-order valence-electron chi connectivity index (χ2n) is 5.22. The Labute approximate surface area is 132 Å². The number of carbonyl (C=O) groups is 1. The molecule has 1 aliphatic heterocycles. The highest BCUT2D eigenvalue weighted by molar-refractivity contribution is 6.30. The molecule has 0 saturated heterocycles. The van der Waals surface area contributed by atoms with E-state index < -0.39 is 35.2 Å². The largest absolute Gasteiger partial charge is 0.418 e. The molecule has 0 spiro atoms. The first kappa shape index (κ1) is 16.0. The van der Waals surface area contributed by atoms with Crippen molar-refractivity contribution in [3.05, 3.63) is 46.4 Å². The molecule has 0 aliphatic carbocycles. The maximum absolute atomic E-state index is 13.6. The van der Waals surface area contributed by atoms with Crippen LogP contribution in [0, 0.1) is 5.82 Å². The Bertz CT molecular complexity index is 776. The molecule has 0 bridgehead atoms. The fourth-order valence-electron chi connectivity index (χ4n) is 2.73. The number of Topliss-reactive ketones (excluding diaryl/α,β-unsaturated/α-hetero) is 1. The number of carbonyl (C=O) groups excluding carboxylic acids is 1. The first-order valence-corrected chi connectivity index (χ1v) is 7.01. The van der Waals surface area contributed by atoms with E-state index in [-0.39, 0.29) is 29.2 Å². The van der Waals surface area contributed by atoms with Crippen LogP contribution in [0.4, 0.5) is 22.0 Å². The van der Waals surface area contributed by atoms with E-state index in [2.05, 4.69) is 0 Å². The molecule has 0 N–H and O–H groups in total. The monoisotopic (exact) mass is 349 g/mol. The number of hydrogen-bond donors (Lipinski definition) is 0. The van der Waals surface area contributed by atoms with Crippen molar-refractivity contribution < 1.29 is 26.7 Å². The minimum atomic E-state index is -4.82. The van der Waals surface area contributed by atoms with Crippen LogP contribution in [-0.4, -0.2) is 16.5 Å². The summed E-state index contributed by atoms with van der Waals surface area (Å²) in [6, 6.07) is 4.05. The number of nitrogens with zero attached hydrogens (tertiary/aromatic N) is 1. The summed E-state index contributed by atoms with van der Waals surface area (Å²) in [4.78, 5) is 11.9. The molecule has 23 heavy (non-hydrogen) atoms. The van der Waals surface area contributed by atoms with Crippen LogP contribution in [0.15, 0.2) is 24.3 Å². The summed E-state index contributed by atoms with van der Waals surface area (Å²) in [6.07, 6.45) is -7.02. The fraction of sp³-hybridized carbons (Fsp3) is 0.267. The van der Waals surface area contributed by atoms with Gasteiger partial charge in [-0.15, -0.1) is 0 Å². The summed E-state index contributed by atoms with van der Waals surface area (Å²) < 4.78 is 67.6. The van der Waals surface area contributed by atoms with E-state index in [1.54, 1.807) is 0 Å². The Balaban J connectivity index is 2.27. The topological polar surface area (TPSA) is 22.0 Å². The lowest BCUT2D eigenvalue weighted by Gasteiger charge is -2.21. The lowest BCUT2D eigenvalue weighted by molar-refractivity contribution is -0.138. The van der Waals surface area contributed by atoms with Crippen molar-refractivity contribution >= 4 is 17.4 Å². The van der Waals surface area contributed by atoms with Gasteiger partial charge in [0.2, 0.25) is 5.78 Å². The first-order chi connectivity index (χ1) is 10.7. The molecule has 0 saturated carbocycles. The number of alkyl halides is 4. The van der Waals surface area contributed by atoms with Crippen LogP contribution in [-0.2, 0) is 12.7 Å². The van der Waals surface area contributed by atoms with Crippen LogP contribution < -0.4 is 0 Å². The van der Waals surface area contributed by atoms with Crippen LogP contribution in [0.2, 0.25) is 5.02 Å². The van der Waals surface area contributed by atoms with E-state index in [1.807, 2.05) is 0 Å². The summed E-state index contributed by atoms with van der Waals surface area (Å²) in [5.74, 6) is -1.93. The van der Waals surface area contributed by atoms with Crippen molar-refractivity contribution in [2.24, 2.45) is 0 Å². The van der Waals surface area contributed by atoms with Gasteiger partial charge < -0.3 is 4.57 Å². The fourth-order valence-corrected chi connectivity index (χ4v) is 2.95. The summed E-state index contributed by atoms with van der Waals surface area (Å²) in [6.45, 7) is -0.109. The molecule has 2 heterocycles. The van der Waals surface area contributed by atoms with Gasteiger partial charge >= 0.3 is 6.18 Å². The molecular weight excluding hydrogens is 341 g/mol. The van der Waals surface area contributed by atoms with Gasteiger partial charge in [0.05, 0.1) is 5.56 Å². The van der Waals surface area contributed by atoms with E-state index in [9.17, 15) is 26.7 Å². The number of ketones is 1. The highest BCUT2D eigenvalue weighted by atomic mass is 35.5. The van der Waals surface area contributed by atoms with Crippen molar-refractivity contribution in [1.29, 1.82) is 0 Å². The average Bonchev–Trinajstić information content (AvgIpc) is 2.82. The molecule has 1 unspecified atom stereocenters. The molecule has 0 amide bonds. The molecule has 122 valence electrons. The van der Waals surface area contributed by atoms with E-state index in [0.29, 0.717) is 0 Å². The van der Waals surface area contributed by atoms with Crippen molar-refractivity contribution in [2.75, 3.05) is 0 Å². The van der Waals surface area contributed by atoms with E-state index in [1.165, 1.54) is 6.07 Å². The summed E-state index contributed by atoms with van der Waals surface area (Å²) >= 11 is 5.73. The van der Waals surface area contributed by atoms with Gasteiger partial charge in [-0.1, -0.05) is 11.6 Å². The lowest BCUT2D eigenvalue weighted by Crippen LogP contribution is -2.29. The summed E-state index contributed by atoms with van der Waals surface area (Å²) in [5, 5.41) is 0.00890. The highest BCUT2D eigenvalue weighted by Crippen LogP contribution is 2.40. The molecule has 8 heteroatoms. The van der Waals surface area contributed by atoms with Crippen molar-refractivity contribution in [2.45, 2.75) is 25.3 Å². The zero-order chi connectivity index (χ0) is 16.9. The molecule has 1 aromatic heterocycles. The van der Waals surface area contributed by atoms with Crippen LogP contribution in [0.5, 0.6) is 0 Å². The summed E-state index contributed by atoms with van der Waals surface area (Å²) in [7, 11) is 0. The quantitative estimate of drug-likeness (QED) is 0.672. The number of benzene rings is 1. The first-order valence-electron chi connectivity index (χ1n) is 6.64. The molecule has 3 rings (SSSR count). The highest BCUT2D eigenvalue weighted by Gasteiger charge is 2.42. The Kier molecular flexibility index (Phi) is 3.71. The van der Waals surface area contributed by atoms with Gasteiger partial charge in [-0.2, -0.15) is 13.2 Å². The zero-order valence-electron chi connectivity index (χ0n) is 11.4. The molecule has 0 fully saturated rings. The normalized spacial score (nSPS) is 18.2. The predicted octanol–water partition coefficient (Wildman–Crippen LogP) is 4.89. The molecule has 0 radical (unpaired) electrons. The number of aromatic nitrogens is 1. The summed E-state index contributed by atoms with van der Waals surface area (Å²) in [5.41, 5.74) is -1.88. The molecule has 1 atom stereocenters. The molecule has 2 aromatic rings. The third-order valence-corrected chi connectivity index (χ3v) is 3.90. The third kappa shape index (κ3) is 2.73. The van der Waals surface area contributed by atoms with Crippen LogP contribution in [0.1, 0.15) is 22.5 Å². The number of fused-ring (bicyclic) bond motifs is 1. The molecule has 1 aromatic carbocycles. The van der Waals surface area contributed by atoms with E-state index in [0.717, 1.165) is 22.8 Å². The number of halogens is 6. The van der Waals surface area contributed by atoms with Gasteiger partial charge in [-0.3, -0.25) is 4.79 Å². The van der Waals surface area contributed by atoms with E-state index in [4.69, 9.17) is 11.6 Å². The van der Waals surface area contributed by atoms with Crippen molar-refractivity contribution in [1.82, 2.24) is 4.57 Å². The number of hydrogen-bond acceptors (Lipinski definition) is 1. The molecule has 2 nitrogen and oxygen atoms in total. The zero-order valence-corrected chi connectivity index (χ0v) is 12.2. The van der Waals surface area contributed by atoms with Crippen LogP contribution in [0.3, 0.4) is 0 Å². The second kappa shape index (κ2) is 5.33. The standard InChI is InChI=1S/C15H9ClF5NO/c16-8-3-7(4-9(17)5-8)12-6-10(15(19,20)21)13-14(23)11(18)1-2-22(12)13/h3-6,11H,1-2H2. The Hall–Kier alpha value is -1.89. The van der Waals surface area contributed by atoms with Gasteiger partial charge in [0.25, 0.3) is 0 Å². The SMILES string of the molecule is O=C1c2c(C(F)(F)F)cc(-c3cc(F)cc(Cl)c3)n2CCC1F. The van der Waals surface area contributed by atoms with Crippen LogP contribution in [0.25, 0.3) is 11.3 Å². The van der Waals surface area contributed by atoms with Crippen molar-refractivity contribution in [3.63, 3.8) is 0 Å². The molecular formula is C15H9ClF5NO. The minimum absolute atomic E-state index is 0.00890. The van der Waals surface area contributed by atoms with Gasteiger partial charge in [0.15, 0.2) is 6.17 Å². The smallest absolute Gasteiger partial charge is 0.337 e. The van der Waals surface area contributed by atoms with Crippen molar-refractivity contribution in [3.8, 4) is 11.3 Å². The Morgan fingerprint density at radius 1 is 1.17 bits per heavy atom. The Morgan fingerprint density at radius 3 is 2.48 bits per heavy atom.